The highest BCUT2D eigenvalue weighted by Gasteiger charge is 2.22. The number of hydrogen-bond donors (Lipinski definition) is 2. The minimum atomic E-state index is -4.79. The number of hydrogen-bond acceptors (Lipinski definition) is 6. The summed E-state index contributed by atoms with van der Waals surface area (Å²) in [5.41, 5.74) is 0. The summed E-state index contributed by atoms with van der Waals surface area (Å²) in [6.45, 7) is 0.925. The van der Waals surface area contributed by atoms with Crippen LogP contribution in [-0.4, -0.2) is 41.0 Å². The maximum absolute atomic E-state index is 11.9. The van der Waals surface area contributed by atoms with Gasteiger partial charge in [0.25, 0.3) is 0 Å². The minimum absolute atomic E-state index is 0.131. The van der Waals surface area contributed by atoms with Crippen molar-refractivity contribution in [1.29, 1.82) is 0 Å². The van der Waals surface area contributed by atoms with E-state index in [4.69, 9.17) is 25.7 Å². The average molecular weight is 446 g/mol. The number of carbonyl (C=O) groups excluding carboxylic acids is 2. The third-order valence-electron chi connectivity index (χ3n) is 3.22. The Morgan fingerprint density at radius 3 is 2.16 bits per heavy atom. The van der Waals surface area contributed by atoms with E-state index >= 15 is 0 Å². The molecule has 0 aromatic heterocycles. The maximum Gasteiger partial charge on any atom is 0.469 e. The highest BCUT2D eigenvalue weighted by atomic mass is 31.2. The molecule has 0 saturated carbocycles. The first-order chi connectivity index (χ1) is 14.8. The van der Waals surface area contributed by atoms with Gasteiger partial charge >= 0.3 is 19.8 Å². The number of esters is 2. The number of unbranched alkanes of at least 4 members (excludes halogenated alkanes) is 4. The lowest BCUT2D eigenvalue weighted by molar-refractivity contribution is -0.158. The number of phosphoric acid groups is 1. The molecule has 0 spiro atoms. The van der Waals surface area contributed by atoms with Gasteiger partial charge in [0.05, 0.1) is 6.61 Å². The van der Waals surface area contributed by atoms with Crippen LogP contribution >= 0.6 is 7.82 Å². The van der Waals surface area contributed by atoms with Crippen molar-refractivity contribution in [2.45, 2.75) is 51.6 Å². The molecule has 0 aromatic rings. The molecule has 0 aromatic carbocycles. The van der Waals surface area contributed by atoms with Crippen molar-refractivity contribution in [2.24, 2.45) is 0 Å². The maximum atomic E-state index is 11.9. The molecule has 0 saturated heterocycles. The van der Waals surface area contributed by atoms with Crippen LogP contribution in [0.4, 0.5) is 0 Å². The summed E-state index contributed by atoms with van der Waals surface area (Å²) in [6, 6.07) is 0. The molecule has 0 fully saturated rings. The van der Waals surface area contributed by atoms with Crippen LogP contribution in [0.3, 0.4) is 0 Å². The van der Waals surface area contributed by atoms with Crippen LogP contribution in [-0.2, 0) is 28.2 Å². The minimum Gasteiger partial charge on any atom is -0.456 e. The number of ether oxygens (including phenoxy) is 2. The Balaban J connectivity index is 4.64. The van der Waals surface area contributed by atoms with E-state index in [1.807, 2.05) is 0 Å². The molecule has 8 nitrogen and oxygen atoms in total. The third kappa shape index (κ3) is 19.9. The van der Waals surface area contributed by atoms with E-state index in [0.29, 0.717) is 6.42 Å². The van der Waals surface area contributed by atoms with E-state index in [2.05, 4.69) is 64.7 Å². The summed E-state index contributed by atoms with van der Waals surface area (Å²) in [7, 11) is -4.79. The molecule has 0 heterocycles. The Labute approximate surface area is 182 Å². The summed E-state index contributed by atoms with van der Waals surface area (Å²) in [4.78, 5) is 41.1. The summed E-state index contributed by atoms with van der Waals surface area (Å²) >= 11 is 0. The van der Waals surface area contributed by atoms with Crippen LogP contribution in [0.25, 0.3) is 0 Å². The van der Waals surface area contributed by atoms with Gasteiger partial charge in [-0.1, -0.05) is 32.6 Å². The van der Waals surface area contributed by atoms with Gasteiger partial charge in [-0.3, -0.25) is 9.32 Å². The van der Waals surface area contributed by atoms with Gasteiger partial charge in [-0.15, -0.1) is 6.42 Å². The molecule has 2 N–H and O–H groups in total. The zero-order valence-electron chi connectivity index (χ0n) is 17.1. The van der Waals surface area contributed by atoms with Gasteiger partial charge in [0.15, 0.2) is 6.10 Å². The fourth-order valence-electron chi connectivity index (χ4n) is 1.89. The van der Waals surface area contributed by atoms with Gasteiger partial charge in [0.2, 0.25) is 0 Å². The number of terminal acetylenes is 1. The average Bonchev–Trinajstić information content (AvgIpc) is 2.71. The Hall–Kier alpha value is -3.15. The van der Waals surface area contributed by atoms with Gasteiger partial charge in [-0.2, -0.15) is 0 Å². The second-order valence-corrected chi connectivity index (χ2v) is 7.04. The third-order valence-corrected chi connectivity index (χ3v) is 3.71. The second kappa shape index (κ2) is 17.7. The van der Waals surface area contributed by atoms with Gasteiger partial charge in [0.1, 0.15) is 6.61 Å². The highest BCUT2D eigenvalue weighted by Crippen LogP contribution is 2.35. The van der Waals surface area contributed by atoms with E-state index in [1.165, 1.54) is 0 Å². The van der Waals surface area contributed by atoms with Gasteiger partial charge < -0.3 is 19.3 Å². The molecule has 0 radical (unpaired) electrons. The lowest BCUT2D eigenvalue weighted by atomic mass is 10.1. The normalized spacial score (nSPS) is 10.1. The van der Waals surface area contributed by atoms with E-state index in [9.17, 15) is 14.2 Å². The fourth-order valence-corrected chi connectivity index (χ4v) is 2.25. The van der Waals surface area contributed by atoms with Crippen molar-refractivity contribution in [1.82, 2.24) is 0 Å². The predicted octanol–water partition coefficient (Wildman–Crippen LogP) is 1.56. The molecule has 0 aliphatic rings. The Morgan fingerprint density at radius 1 is 0.935 bits per heavy atom. The van der Waals surface area contributed by atoms with Crippen molar-refractivity contribution in [3.05, 3.63) is 0 Å². The van der Waals surface area contributed by atoms with Crippen LogP contribution < -0.4 is 0 Å². The van der Waals surface area contributed by atoms with E-state index in [-0.39, 0.29) is 6.42 Å². The van der Waals surface area contributed by atoms with Crippen LogP contribution in [0.5, 0.6) is 0 Å². The summed E-state index contributed by atoms with van der Waals surface area (Å²) in [6.07, 6.45) is 8.45. The van der Waals surface area contributed by atoms with Crippen molar-refractivity contribution in [3.63, 3.8) is 0 Å². The Morgan fingerprint density at radius 2 is 1.55 bits per heavy atom. The predicted molar refractivity (Wildman–Crippen MR) is 112 cm³/mol. The molecule has 31 heavy (non-hydrogen) atoms. The fraction of sp³-hybridized carbons (Fsp3) is 0.455. The van der Waals surface area contributed by atoms with Gasteiger partial charge in [-0.25, -0.2) is 9.36 Å². The Bertz CT molecular complexity index is 925. The van der Waals surface area contributed by atoms with Crippen molar-refractivity contribution < 1.29 is 37.9 Å². The first-order valence-electron chi connectivity index (χ1n) is 9.31. The molecule has 9 heteroatoms. The van der Waals surface area contributed by atoms with Gasteiger partial charge in [-0.05, 0) is 53.8 Å². The lowest BCUT2D eigenvalue weighted by Crippen LogP contribution is -2.29. The molecule has 1 atom stereocenters. The molecule has 0 rings (SSSR count). The summed E-state index contributed by atoms with van der Waals surface area (Å²) in [5, 5.41) is 0. The topological polar surface area (TPSA) is 119 Å². The molecular formula is C22H23O8P. The van der Waals surface area contributed by atoms with Crippen molar-refractivity contribution in [2.75, 3.05) is 13.2 Å². The Kier molecular flexibility index (Phi) is 15.9. The van der Waals surface area contributed by atoms with E-state index in [1.54, 1.807) is 0 Å². The number of carbonyl (C=O) groups is 2. The molecule has 0 unspecified atom stereocenters. The highest BCUT2D eigenvalue weighted by molar-refractivity contribution is 7.46. The molecule has 0 bridgehead atoms. The van der Waals surface area contributed by atoms with E-state index < -0.39 is 39.1 Å². The molecule has 0 aliphatic heterocycles. The first kappa shape index (κ1) is 27.8. The summed E-state index contributed by atoms with van der Waals surface area (Å²) in [5.74, 6) is 18.6. The van der Waals surface area contributed by atoms with Crippen molar-refractivity contribution >= 4 is 19.8 Å². The van der Waals surface area contributed by atoms with Crippen molar-refractivity contribution in [3.8, 4) is 59.7 Å². The second-order valence-electron chi connectivity index (χ2n) is 5.81. The van der Waals surface area contributed by atoms with Gasteiger partial charge in [0, 0.05) is 12.3 Å². The van der Waals surface area contributed by atoms with Crippen LogP contribution in [0.2, 0.25) is 0 Å². The monoisotopic (exact) mass is 446 g/mol. The first-order valence-corrected chi connectivity index (χ1v) is 10.8. The largest absolute Gasteiger partial charge is 0.469 e. The standard InChI is InChI=1S/C22H23O8P/c1-3-5-7-9-10-11-13-14-16-21(23)28-18-20(19-29-31(25,26)27)30-22(24)17-15-12-8-6-4-2/h1,20H,4,6,8,12,15,17-19H2,2H3,(H2,25,26,27)/t20-/m1/s1. The van der Waals surface area contributed by atoms with Crippen LogP contribution in [0.15, 0.2) is 0 Å². The van der Waals surface area contributed by atoms with E-state index in [0.717, 1.165) is 25.7 Å². The zero-order valence-corrected chi connectivity index (χ0v) is 18.0. The molecule has 164 valence electrons. The smallest absolute Gasteiger partial charge is 0.456 e. The molecule has 0 amide bonds. The number of rotatable bonds is 12. The number of phosphoric ester groups is 1. The van der Waals surface area contributed by atoms with Crippen LogP contribution in [0, 0.1) is 59.7 Å². The quantitative estimate of drug-likeness (QED) is 0.152. The molecule has 0 aliphatic carbocycles. The lowest BCUT2D eigenvalue weighted by Gasteiger charge is -2.17. The zero-order chi connectivity index (χ0) is 23.4. The summed E-state index contributed by atoms with van der Waals surface area (Å²) < 4.78 is 25.1. The van der Waals surface area contributed by atoms with Crippen LogP contribution in [0.1, 0.15) is 45.4 Å². The SMILES string of the molecule is C#CC#CC#CC#CC#CC(=O)OC[C@H](COP(=O)(O)O)OC(=O)CCCCCCC. The molecular weight excluding hydrogens is 423 g/mol.